The van der Waals surface area contributed by atoms with Gasteiger partial charge < -0.3 is 14.7 Å². The normalized spacial score (nSPS) is 20.8. The van der Waals surface area contributed by atoms with Gasteiger partial charge >= 0.3 is 6.18 Å². The molecule has 1 aromatic heterocycles. The van der Waals surface area contributed by atoms with E-state index in [9.17, 15) is 22.4 Å². The Hall–Kier alpha value is -2.39. The van der Waals surface area contributed by atoms with Crippen molar-refractivity contribution in [2.24, 2.45) is 0 Å². The zero-order valence-corrected chi connectivity index (χ0v) is 21.2. The molecule has 5 nitrogen and oxygen atoms in total. The first kappa shape index (κ1) is 26.7. The summed E-state index contributed by atoms with van der Waals surface area (Å²) in [6.07, 6.45) is -0.362. The molecule has 2 aliphatic heterocycles. The Bertz CT molecular complexity index is 1100. The average molecular weight is 527 g/mol. The van der Waals surface area contributed by atoms with Crippen molar-refractivity contribution < 1.29 is 22.4 Å². The molecule has 0 bridgehead atoms. The summed E-state index contributed by atoms with van der Waals surface area (Å²) in [5, 5.41) is -0.0862. The molecule has 2 saturated heterocycles. The summed E-state index contributed by atoms with van der Waals surface area (Å²) >= 11 is 6.03. The molecule has 0 spiro atoms. The SMILES string of the molecule is Cc1cc(C(F)(F)F)cc(N2CCC[C@H]2C(=O)N(CCCN2CCC[C@@H]2C)c2ccc(F)c(Cl)c2)n1. The van der Waals surface area contributed by atoms with E-state index in [0.29, 0.717) is 44.1 Å². The molecule has 0 N–H and O–H groups in total. The average Bonchev–Trinajstić information content (AvgIpc) is 3.46. The Morgan fingerprint density at radius 3 is 2.58 bits per heavy atom. The van der Waals surface area contributed by atoms with Crippen molar-refractivity contribution in [1.29, 1.82) is 0 Å². The summed E-state index contributed by atoms with van der Waals surface area (Å²) in [6.45, 7) is 6.36. The number of pyridine rings is 1. The Labute approximate surface area is 214 Å². The molecule has 196 valence electrons. The molecule has 36 heavy (non-hydrogen) atoms. The summed E-state index contributed by atoms with van der Waals surface area (Å²) in [5.41, 5.74) is -0.0780. The molecular weight excluding hydrogens is 496 g/mol. The van der Waals surface area contributed by atoms with Crippen LogP contribution in [0, 0.1) is 12.7 Å². The first-order chi connectivity index (χ1) is 17.0. The number of anilines is 2. The number of benzene rings is 1. The zero-order chi connectivity index (χ0) is 26.0. The zero-order valence-electron chi connectivity index (χ0n) is 20.5. The number of aryl methyl sites for hydroxylation is 1. The lowest BCUT2D eigenvalue weighted by atomic mass is 10.1. The molecule has 1 amide bonds. The van der Waals surface area contributed by atoms with Gasteiger partial charge in [0.05, 0.1) is 10.6 Å². The molecule has 4 rings (SSSR count). The molecule has 2 aliphatic rings. The molecule has 2 aromatic rings. The Balaban J connectivity index is 1.59. The predicted molar refractivity (Wildman–Crippen MR) is 133 cm³/mol. The molecule has 3 heterocycles. The van der Waals surface area contributed by atoms with Gasteiger partial charge in [0.25, 0.3) is 0 Å². The first-order valence-electron chi connectivity index (χ1n) is 12.4. The van der Waals surface area contributed by atoms with Gasteiger partial charge in [0.1, 0.15) is 17.7 Å². The van der Waals surface area contributed by atoms with E-state index in [1.54, 1.807) is 9.80 Å². The lowest BCUT2D eigenvalue weighted by molar-refractivity contribution is -0.137. The number of likely N-dealkylation sites (tertiary alicyclic amines) is 1. The fourth-order valence-electron chi connectivity index (χ4n) is 5.22. The number of hydrogen-bond donors (Lipinski definition) is 0. The number of halogens is 5. The topological polar surface area (TPSA) is 39.7 Å². The minimum atomic E-state index is -4.51. The van der Waals surface area contributed by atoms with Gasteiger partial charge in [-0.3, -0.25) is 4.79 Å². The summed E-state index contributed by atoms with van der Waals surface area (Å²) in [4.78, 5) is 23.8. The van der Waals surface area contributed by atoms with Crippen LogP contribution < -0.4 is 9.80 Å². The number of aromatic nitrogens is 1. The van der Waals surface area contributed by atoms with E-state index in [4.69, 9.17) is 11.6 Å². The highest BCUT2D eigenvalue weighted by Gasteiger charge is 2.37. The van der Waals surface area contributed by atoms with Gasteiger partial charge in [-0.05, 0) is 82.8 Å². The van der Waals surface area contributed by atoms with E-state index < -0.39 is 23.6 Å². The number of rotatable bonds is 7. The third-order valence-electron chi connectivity index (χ3n) is 7.10. The molecule has 0 aliphatic carbocycles. The smallest absolute Gasteiger partial charge is 0.345 e. The second kappa shape index (κ2) is 10.9. The van der Waals surface area contributed by atoms with Crippen LogP contribution in [0.15, 0.2) is 30.3 Å². The van der Waals surface area contributed by atoms with Crippen LogP contribution in [0.1, 0.15) is 50.3 Å². The third-order valence-corrected chi connectivity index (χ3v) is 7.39. The molecule has 0 saturated carbocycles. The van der Waals surface area contributed by atoms with Crippen LogP contribution in [0.25, 0.3) is 0 Å². The van der Waals surface area contributed by atoms with Crippen LogP contribution >= 0.6 is 11.6 Å². The molecule has 0 unspecified atom stereocenters. The van der Waals surface area contributed by atoms with Crippen molar-refractivity contribution in [2.75, 3.05) is 36.0 Å². The maximum Gasteiger partial charge on any atom is 0.416 e. The van der Waals surface area contributed by atoms with Crippen LogP contribution in [-0.2, 0) is 11.0 Å². The Morgan fingerprint density at radius 2 is 1.92 bits per heavy atom. The second-order valence-corrected chi connectivity index (χ2v) is 10.1. The van der Waals surface area contributed by atoms with E-state index in [2.05, 4.69) is 16.8 Å². The highest BCUT2D eigenvalue weighted by Crippen LogP contribution is 2.34. The summed E-state index contributed by atoms with van der Waals surface area (Å²) < 4.78 is 54.2. The van der Waals surface area contributed by atoms with E-state index in [1.807, 2.05) is 0 Å². The predicted octanol–water partition coefficient (Wildman–Crippen LogP) is 6.08. The maximum absolute atomic E-state index is 13.9. The summed E-state index contributed by atoms with van der Waals surface area (Å²) in [7, 11) is 0. The van der Waals surface area contributed by atoms with E-state index in [1.165, 1.54) is 25.1 Å². The fraction of sp³-hybridized carbons (Fsp3) is 0.538. The van der Waals surface area contributed by atoms with Crippen molar-refractivity contribution in [3.05, 3.63) is 52.4 Å². The first-order valence-corrected chi connectivity index (χ1v) is 12.8. The van der Waals surface area contributed by atoms with Gasteiger partial charge in [0.2, 0.25) is 5.91 Å². The molecule has 2 fully saturated rings. The quantitative estimate of drug-likeness (QED) is 0.410. The lowest BCUT2D eigenvalue weighted by Gasteiger charge is -2.32. The van der Waals surface area contributed by atoms with Gasteiger partial charge in [-0.2, -0.15) is 13.2 Å². The molecular formula is C26H31ClF4N4O. The van der Waals surface area contributed by atoms with Crippen LogP contribution in [0.3, 0.4) is 0 Å². The van der Waals surface area contributed by atoms with Crippen molar-refractivity contribution in [3.8, 4) is 0 Å². The molecule has 2 atom stereocenters. The van der Waals surface area contributed by atoms with Gasteiger partial charge in [0, 0.05) is 37.1 Å². The van der Waals surface area contributed by atoms with Gasteiger partial charge in [-0.25, -0.2) is 9.37 Å². The van der Waals surface area contributed by atoms with E-state index >= 15 is 0 Å². The van der Waals surface area contributed by atoms with Crippen molar-refractivity contribution in [2.45, 2.75) is 64.2 Å². The largest absolute Gasteiger partial charge is 0.416 e. The highest BCUT2D eigenvalue weighted by molar-refractivity contribution is 6.31. The number of nitrogens with zero attached hydrogens (tertiary/aromatic N) is 4. The maximum atomic E-state index is 13.9. The highest BCUT2D eigenvalue weighted by atomic mass is 35.5. The minimum Gasteiger partial charge on any atom is -0.345 e. The Morgan fingerprint density at radius 1 is 1.17 bits per heavy atom. The number of carbonyl (C=O) groups is 1. The van der Waals surface area contributed by atoms with E-state index in [0.717, 1.165) is 38.1 Å². The van der Waals surface area contributed by atoms with Crippen molar-refractivity contribution in [1.82, 2.24) is 9.88 Å². The number of carbonyl (C=O) groups excluding carboxylic acids is 1. The molecule has 1 aromatic carbocycles. The van der Waals surface area contributed by atoms with Gasteiger partial charge in [0.15, 0.2) is 0 Å². The van der Waals surface area contributed by atoms with Gasteiger partial charge in [-0.1, -0.05) is 11.6 Å². The van der Waals surface area contributed by atoms with Gasteiger partial charge in [-0.15, -0.1) is 0 Å². The minimum absolute atomic E-state index is 0.0862. The summed E-state index contributed by atoms with van der Waals surface area (Å²) in [6, 6.07) is 6.01. The standard InChI is InChI=1S/C26H31ClF4N4O/c1-17-14-19(26(29,30)31)15-24(32-17)35-12-4-7-23(35)25(36)34(20-8-9-22(28)21(27)16-20)13-5-11-33-10-3-6-18(33)2/h8-9,14-16,18,23H,3-7,10-13H2,1-2H3/t18-,23-/m0/s1. The Kier molecular flexibility index (Phi) is 8.09. The van der Waals surface area contributed by atoms with Crippen LogP contribution in [-0.4, -0.2) is 54.1 Å². The molecule has 10 heteroatoms. The summed E-state index contributed by atoms with van der Waals surface area (Å²) in [5.74, 6) is -0.687. The fourth-order valence-corrected chi connectivity index (χ4v) is 5.39. The molecule has 0 radical (unpaired) electrons. The van der Waals surface area contributed by atoms with Crippen LogP contribution in [0.5, 0.6) is 0 Å². The number of amides is 1. The van der Waals surface area contributed by atoms with Crippen molar-refractivity contribution in [3.63, 3.8) is 0 Å². The number of alkyl halides is 3. The van der Waals surface area contributed by atoms with Crippen LogP contribution in [0.4, 0.5) is 29.1 Å². The van der Waals surface area contributed by atoms with Crippen molar-refractivity contribution >= 4 is 29.0 Å². The van der Waals surface area contributed by atoms with Crippen LogP contribution in [0.2, 0.25) is 5.02 Å². The lowest BCUT2D eigenvalue weighted by Crippen LogP contribution is -2.47. The number of hydrogen-bond acceptors (Lipinski definition) is 4. The van der Waals surface area contributed by atoms with E-state index in [-0.39, 0.29) is 22.4 Å². The monoisotopic (exact) mass is 526 g/mol. The second-order valence-electron chi connectivity index (χ2n) is 9.67. The third kappa shape index (κ3) is 5.94.